The molecule has 0 aromatic heterocycles. The molecule has 1 aliphatic carbocycles. The van der Waals surface area contributed by atoms with Gasteiger partial charge in [0.2, 0.25) is 0 Å². The normalized spacial score (nSPS) is 20.9. The van der Waals surface area contributed by atoms with Crippen molar-refractivity contribution in [2.24, 2.45) is 5.92 Å². The lowest BCUT2D eigenvalue weighted by molar-refractivity contribution is -0.134. The monoisotopic (exact) mass is 212 g/mol. The number of aliphatic carboxylic acids is 2. The van der Waals surface area contributed by atoms with Crippen LogP contribution in [0.2, 0.25) is 0 Å². The van der Waals surface area contributed by atoms with Gasteiger partial charge in [-0.05, 0) is 18.8 Å². The lowest BCUT2D eigenvalue weighted by atomic mass is 10.4. The van der Waals surface area contributed by atoms with Crippen molar-refractivity contribution in [2.45, 2.75) is 26.7 Å². The maximum atomic E-state index is 9.55. The van der Waals surface area contributed by atoms with Crippen LogP contribution >= 0.6 is 0 Å². The van der Waals surface area contributed by atoms with E-state index in [4.69, 9.17) is 10.2 Å². The third kappa shape index (κ3) is 8.74. The Morgan fingerprint density at radius 1 is 1.33 bits per heavy atom. The highest BCUT2D eigenvalue weighted by Crippen LogP contribution is 2.36. The van der Waals surface area contributed by atoms with Gasteiger partial charge in [0.1, 0.15) is 0 Å². The van der Waals surface area contributed by atoms with Gasteiger partial charge >= 0.3 is 11.9 Å². The summed E-state index contributed by atoms with van der Waals surface area (Å²) < 4.78 is 0. The second-order valence-corrected chi connectivity index (χ2v) is 3.30. The molecule has 84 valence electrons. The highest BCUT2D eigenvalue weighted by atomic mass is 16.4. The average Bonchev–Trinajstić information content (AvgIpc) is 2.80. The summed E-state index contributed by atoms with van der Waals surface area (Å²) in [6.45, 7) is 4.47. The molecule has 1 aliphatic rings. The van der Waals surface area contributed by atoms with E-state index in [0.29, 0.717) is 12.2 Å². The van der Waals surface area contributed by atoms with Crippen molar-refractivity contribution in [3.63, 3.8) is 0 Å². The van der Waals surface area contributed by atoms with Crippen molar-refractivity contribution in [2.75, 3.05) is 0 Å². The molecule has 15 heavy (non-hydrogen) atoms. The molecule has 0 radical (unpaired) electrons. The zero-order valence-electron chi connectivity index (χ0n) is 8.93. The Balaban J connectivity index is 0.000000262. The van der Waals surface area contributed by atoms with Gasteiger partial charge in [0, 0.05) is 12.2 Å². The van der Waals surface area contributed by atoms with Crippen LogP contribution in [-0.2, 0) is 9.59 Å². The molecular weight excluding hydrogens is 196 g/mol. The summed E-state index contributed by atoms with van der Waals surface area (Å²) in [5.41, 5.74) is 1.67. The molecule has 2 N–H and O–H groups in total. The number of carbonyl (C=O) groups is 2. The summed E-state index contributed by atoms with van der Waals surface area (Å²) in [4.78, 5) is 19.1. The Bertz CT molecular complexity index is 273. The number of allylic oxidation sites excluding steroid dienone is 2. The summed E-state index contributed by atoms with van der Waals surface area (Å²) in [6.07, 6.45) is 6.04. The van der Waals surface area contributed by atoms with Crippen molar-refractivity contribution < 1.29 is 19.8 Å². The predicted molar refractivity (Wildman–Crippen MR) is 56.6 cm³/mol. The standard InChI is InChI=1S/C7H12.C4H4O4/c1-3-4-7-5-6(7)2;5-3(6)1-2-4(7)8/h4,6H,3,5H2,1-2H3;1-2H,(H,5,6)(H,7,8)/b;2-1-. The number of hydrogen-bond acceptors (Lipinski definition) is 2. The van der Waals surface area contributed by atoms with Crippen molar-refractivity contribution in [1.29, 1.82) is 0 Å². The molecule has 0 heterocycles. The average molecular weight is 212 g/mol. The number of hydrogen-bond donors (Lipinski definition) is 2. The SMILES string of the molecule is CCC=C1CC1C.O=C(O)/C=C\C(=O)O. The van der Waals surface area contributed by atoms with Gasteiger partial charge in [-0.2, -0.15) is 0 Å². The second-order valence-electron chi connectivity index (χ2n) is 3.30. The molecule has 1 atom stereocenters. The van der Waals surface area contributed by atoms with Crippen molar-refractivity contribution in [1.82, 2.24) is 0 Å². The lowest BCUT2D eigenvalue weighted by Gasteiger charge is -1.74. The Hall–Kier alpha value is -1.58. The fourth-order valence-corrected chi connectivity index (χ4v) is 0.984. The number of rotatable bonds is 3. The molecule has 4 nitrogen and oxygen atoms in total. The first kappa shape index (κ1) is 13.4. The Morgan fingerprint density at radius 2 is 1.73 bits per heavy atom. The van der Waals surface area contributed by atoms with E-state index in [1.54, 1.807) is 5.57 Å². The Labute approximate surface area is 88.9 Å². The zero-order chi connectivity index (χ0) is 11.8. The molecule has 4 heteroatoms. The van der Waals surface area contributed by atoms with E-state index in [2.05, 4.69) is 19.9 Å². The molecular formula is C11H16O4. The molecule has 0 amide bonds. The van der Waals surface area contributed by atoms with Gasteiger partial charge in [0.05, 0.1) is 0 Å². The van der Waals surface area contributed by atoms with Crippen LogP contribution in [0.3, 0.4) is 0 Å². The van der Waals surface area contributed by atoms with Gasteiger partial charge in [-0.3, -0.25) is 0 Å². The summed E-state index contributed by atoms with van der Waals surface area (Å²) >= 11 is 0. The maximum absolute atomic E-state index is 9.55. The van der Waals surface area contributed by atoms with Crippen molar-refractivity contribution in [3.05, 3.63) is 23.8 Å². The minimum atomic E-state index is -1.26. The van der Waals surface area contributed by atoms with E-state index in [1.165, 1.54) is 12.8 Å². The van der Waals surface area contributed by atoms with E-state index in [1.807, 2.05) is 0 Å². The van der Waals surface area contributed by atoms with Gasteiger partial charge in [-0.15, -0.1) is 0 Å². The van der Waals surface area contributed by atoms with Gasteiger partial charge in [-0.25, -0.2) is 9.59 Å². The summed E-state index contributed by atoms with van der Waals surface area (Å²) in [5.74, 6) is -1.58. The van der Waals surface area contributed by atoms with E-state index >= 15 is 0 Å². The molecule has 0 aliphatic heterocycles. The van der Waals surface area contributed by atoms with Crippen molar-refractivity contribution in [3.8, 4) is 0 Å². The highest BCUT2D eigenvalue weighted by molar-refractivity contribution is 5.89. The van der Waals surface area contributed by atoms with Crippen LogP contribution in [0.5, 0.6) is 0 Å². The highest BCUT2D eigenvalue weighted by Gasteiger charge is 2.22. The molecule has 0 spiro atoms. The topological polar surface area (TPSA) is 74.6 Å². The Morgan fingerprint density at radius 3 is 1.87 bits per heavy atom. The van der Waals surface area contributed by atoms with Gasteiger partial charge < -0.3 is 10.2 Å². The van der Waals surface area contributed by atoms with Crippen LogP contribution in [0.1, 0.15) is 26.7 Å². The minimum absolute atomic E-state index is 0.558. The lowest BCUT2D eigenvalue weighted by Crippen LogP contribution is -1.91. The third-order valence-electron chi connectivity index (χ3n) is 1.85. The molecule has 1 rings (SSSR count). The first-order valence-electron chi connectivity index (χ1n) is 4.80. The molecule has 1 unspecified atom stereocenters. The van der Waals surface area contributed by atoms with Gasteiger partial charge in [0.15, 0.2) is 0 Å². The maximum Gasteiger partial charge on any atom is 0.328 e. The molecule has 0 bridgehead atoms. The fourth-order valence-electron chi connectivity index (χ4n) is 0.984. The van der Waals surface area contributed by atoms with Crippen LogP contribution in [-0.4, -0.2) is 22.2 Å². The van der Waals surface area contributed by atoms with Crippen LogP contribution in [0.4, 0.5) is 0 Å². The summed E-state index contributed by atoms with van der Waals surface area (Å²) in [5, 5.41) is 15.6. The quantitative estimate of drug-likeness (QED) is 0.554. The van der Waals surface area contributed by atoms with E-state index < -0.39 is 11.9 Å². The van der Waals surface area contributed by atoms with E-state index in [-0.39, 0.29) is 0 Å². The van der Waals surface area contributed by atoms with Crippen LogP contribution in [0.15, 0.2) is 23.8 Å². The van der Waals surface area contributed by atoms with Crippen LogP contribution < -0.4 is 0 Å². The predicted octanol–water partition coefficient (Wildman–Crippen LogP) is 2.07. The molecule has 0 aromatic rings. The largest absolute Gasteiger partial charge is 0.478 e. The Kier molecular flexibility index (Phi) is 6.09. The van der Waals surface area contributed by atoms with Gasteiger partial charge in [-0.1, -0.05) is 25.5 Å². The first-order chi connectivity index (χ1) is 6.97. The molecule has 0 aromatic carbocycles. The minimum Gasteiger partial charge on any atom is -0.478 e. The first-order valence-corrected chi connectivity index (χ1v) is 4.80. The van der Waals surface area contributed by atoms with Crippen LogP contribution in [0, 0.1) is 5.92 Å². The fraction of sp³-hybridized carbons (Fsp3) is 0.455. The second kappa shape index (κ2) is 6.81. The summed E-state index contributed by atoms with van der Waals surface area (Å²) in [6, 6.07) is 0. The van der Waals surface area contributed by atoms with E-state index in [0.717, 1.165) is 5.92 Å². The zero-order valence-corrected chi connectivity index (χ0v) is 8.93. The van der Waals surface area contributed by atoms with Gasteiger partial charge in [0.25, 0.3) is 0 Å². The number of carboxylic acids is 2. The van der Waals surface area contributed by atoms with Crippen LogP contribution in [0.25, 0.3) is 0 Å². The summed E-state index contributed by atoms with van der Waals surface area (Å²) in [7, 11) is 0. The smallest absolute Gasteiger partial charge is 0.328 e. The molecule has 1 fully saturated rings. The third-order valence-corrected chi connectivity index (χ3v) is 1.85. The molecule has 1 saturated carbocycles. The molecule has 0 saturated heterocycles. The number of carboxylic acid groups (broad SMARTS) is 2. The van der Waals surface area contributed by atoms with E-state index in [9.17, 15) is 9.59 Å². The van der Waals surface area contributed by atoms with Crippen molar-refractivity contribution >= 4 is 11.9 Å².